The Morgan fingerprint density at radius 2 is 1.69 bits per heavy atom. The first kappa shape index (κ1) is 20.7. The number of fused-ring (bicyclic) bond motifs is 1. The minimum atomic E-state index is -1.10. The number of ether oxygens (including phenoxy) is 1. The van der Waals surface area contributed by atoms with Gasteiger partial charge in [0.1, 0.15) is 6.04 Å². The number of H-pyrrole nitrogens is 1. The normalized spacial score (nSPS) is 21.9. The van der Waals surface area contributed by atoms with Crippen molar-refractivity contribution in [1.82, 2.24) is 9.88 Å². The van der Waals surface area contributed by atoms with Crippen LogP contribution in [0.25, 0.3) is 0 Å². The van der Waals surface area contributed by atoms with Crippen molar-refractivity contribution in [2.24, 2.45) is 11.8 Å². The van der Waals surface area contributed by atoms with E-state index in [1.165, 1.54) is 13.8 Å². The zero-order chi connectivity index (χ0) is 21.5. The summed E-state index contributed by atoms with van der Waals surface area (Å²) in [5.41, 5.74) is 1.73. The lowest BCUT2D eigenvalue weighted by molar-refractivity contribution is -0.157. The summed E-state index contributed by atoms with van der Waals surface area (Å²) in [6.45, 7) is 5.62. The van der Waals surface area contributed by atoms with Gasteiger partial charge < -0.3 is 9.72 Å². The minimum absolute atomic E-state index is 0.164. The highest BCUT2D eigenvalue weighted by atomic mass is 16.5. The van der Waals surface area contributed by atoms with E-state index in [0.29, 0.717) is 29.7 Å². The first-order valence-corrected chi connectivity index (χ1v) is 9.57. The molecule has 3 rings (SSSR count). The Hall–Kier alpha value is -3.03. The summed E-state index contributed by atoms with van der Waals surface area (Å²) in [5, 5.41) is 0. The smallest absolute Gasteiger partial charge is 0.329 e. The maximum Gasteiger partial charge on any atom is 0.329 e. The van der Waals surface area contributed by atoms with Gasteiger partial charge in [0.2, 0.25) is 17.6 Å². The Morgan fingerprint density at radius 1 is 1.14 bits per heavy atom. The van der Waals surface area contributed by atoms with Gasteiger partial charge in [0, 0.05) is 11.3 Å². The topological polar surface area (TPSA) is 114 Å². The zero-order valence-electron chi connectivity index (χ0n) is 16.9. The van der Waals surface area contributed by atoms with Crippen LogP contribution in [0.3, 0.4) is 0 Å². The summed E-state index contributed by atoms with van der Waals surface area (Å²) in [7, 11) is 0. The van der Waals surface area contributed by atoms with Gasteiger partial charge in [0.25, 0.3) is 0 Å². The number of rotatable bonds is 6. The fourth-order valence-corrected chi connectivity index (χ4v) is 4.20. The largest absolute Gasteiger partial charge is 0.456 e. The number of carbonyl (C=O) groups is 5. The molecule has 154 valence electrons. The molecule has 1 saturated heterocycles. The summed E-state index contributed by atoms with van der Waals surface area (Å²) >= 11 is 0. The van der Waals surface area contributed by atoms with Gasteiger partial charge in [-0.1, -0.05) is 12.2 Å². The van der Waals surface area contributed by atoms with Crippen LogP contribution in [0.4, 0.5) is 0 Å². The molecule has 1 fully saturated rings. The van der Waals surface area contributed by atoms with Crippen LogP contribution in [0.15, 0.2) is 12.2 Å². The molecule has 2 aliphatic rings. The van der Waals surface area contributed by atoms with Crippen LogP contribution in [0, 0.1) is 25.7 Å². The first-order valence-electron chi connectivity index (χ1n) is 9.57. The molecule has 1 aliphatic heterocycles. The third-order valence-corrected chi connectivity index (χ3v) is 5.68. The van der Waals surface area contributed by atoms with Crippen LogP contribution in [-0.4, -0.2) is 51.9 Å². The quantitative estimate of drug-likeness (QED) is 0.338. The molecular formula is C21H24N2O6. The number of imide groups is 1. The Labute approximate surface area is 168 Å². The van der Waals surface area contributed by atoms with Crippen molar-refractivity contribution < 1.29 is 28.7 Å². The number of ketones is 2. The lowest BCUT2D eigenvalue weighted by atomic mass is 9.85. The highest BCUT2D eigenvalue weighted by Crippen LogP contribution is 2.36. The molecule has 8 nitrogen and oxygen atoms in total. The van der Waals surface area contributed by atoms with Crippen molar-refractivity contribution >= 4 is 29.4 Å². The third-order valence-electron chi connectivity index (χ3n) is 5.68. The van der Waals surface area contributed by atoms with E-state index in [2.05, 4.69) is 4.98 Å². The molecule has 0 bridgehead atoms. The van der Waals surface area contributed by atoms with Crippen molar-refractivity contribution in [2.75, 3.05) is 6.61 Å². The Bertz CT molecular complexity index is 915. The van der Waals surface area contributed by atoms with Gasteiger partial charge in [0.15, 0.2) is 12.4 Å². The average molecular weight is 400 g/mol. The predicted octanol–water partition coefficient (Wildman–Crippen LogP) is 1.90. The van der Waals surface area contributed by atoms with Crippen molar-refractivity contribution in [2.45, 2.75) is 46.6 Å². The van der Waals surface area contributed by atoms with E-state index in [1.54, 1.807) is 13.8 Å². The average Bonchev–Trinajstić information content (AvgIpc) is 3.12. The molecule has 1 N–H and O–H groups in total. The molecule has 0 radical (unpaired) electrons. The standard InChI is InChI=1S/C21H24N2O6/c1-10-17(13(4)24)11(2)22-18(10)16(25)9-29-21(28)12(3)23-19(26)14-7-5-6-8-15(14)20(23)27/h5-6,12,14-15,22H,7-9H2,1-4H3/t12-,14-,15-/m0/s1. The molecule has 8 heteroatoms. The number of aromatic amines is 1. The molecule has 2 heterocycles. The van der Waals surface area contributed by atoms with Crippen LogP contribution in [0.1, 0.15) is 58.8 Å². The summed E-state index contributed by atoms with van der Waals surface area (Å²) < 4.78 is 5.09. The van der Waals surface area contributed by atoms with E-state index < -0.39 is 36.2 Å². The number of likely N-dealkylation sites (tertiary alicyclic amines) is 1. The molecule has 1 aromatic heterocycles. The van der Waals surface area contributed by atoms with Gasteiger partial charge in [0.05, 0.1) is 17.5 Å². The lowest BCUT2D eigenvalue weighted by Gasteiger charge is -2.21. The summed E-state index contributed by atoms with van der Waals surface area (Å²) in [4.78, 5) is 65.5. The molecule has 0 saturated carbocycles. The summed E-state index contributed by atoms with van der Waals surface area (Å²) in [6.07, 6.45) is 4.70. The molecule has 0 unspecified atom stereocenters. The van der Waals surface area contributed by atoms with Gasteiger partial charge in [-0.15, -0.1) is 0 Å². The number of nitrogens with one attached hydrogen (secondary N) is 1. The minimum Gasteiger partial charge on any atom is -0.456 e. The van der Waals surface area contributed by atoms with Crippen LogP contribution in [0.5, 0.6) is 0 Å². The number of esters is 1. The molecule has 0 spiro atoms. The van der Waals surface area contributed by atoms with Gasteiger partial charge in [-0.05, 0) is 46.1 Å². The van der Waals surface area contributed by atoms with E-state index in [4.69, 9.17) is 4.74 Å². The molecule has 3 atom stereocenters. The number of carbonyl (C=O) groups excluding carboxylic acids is 5. The molecule has 0 aromatic carbocycles. The molecule has 29 heavy (non-hydrogen) atoms. The number of amides is 2. The van der Waals surface area contributed by atoms with Crippen LogP contribution < -0.4 is 0 Å². The lowest BCUT2D eigenvalue weighted by Crippen LogP contribution is -2.44. The molecule has 2 amide bonds. The third kappa shape index (κ3) is 3.54. The fraction of sp³-hybridized carbons (Fsp3) is 0.476. The Morgan fingerprint density at radius 3 is 2.17 bits per heavy atom. The number of aromatic nitrogens is 1. The maximum atomic E-state index is 12.6. The fourth-order valence-electron chi connectivity index (χ4n) is 4.20. The Balaban J connectivity index is 1.66. The predicted molar refractivity (Wildman–Crippen MR) is 102 cm³/mol. The van der Waals surface area contributed by atoms with Crippen LogP contribution in [0.2, 0.25) is 0 Å². The van der Waals surface area contributed by atoms with E-state index >= 15 is 0 Å². The molecular weight excluding hydrogens is 376 g/mol. The molecule has 1 aliphatic carbocycles. The number of allylic oxidation sites excluding steroid dienone is 2. The monoisotopic (exact) mass is 400 g/mol. The second kappa shape index (κ2) is 7.77. The second-order valence-corrected chi connectivity index (χ2v) is 7.59. The van der Waals surface area contributed by atoms with E-state index in [0.717, 1.165) is 4.90 Å². The van der Waals surface area contributed by atoms with Crippen LogP contribution >= 0.6 is 0 Å². The highest BCUT2D eigenvalue weighted by Gasteiger charge is 2.50. The summed E-state index contributed by atoms with van der Waals surface area (Å²) in [6, 6.07) is -1.10. The maximum absolute atomic E-state index is 12.6. The van der Waals surface area contributed by atoms with E-state index in [9.17, 15) is 24.0 Å². The number of Topliss-reactive ketones (excluding diaryl/α,β-unsaturated/α-hetero) is 2. The van der Waals surface area contributed by atoms with E-state index in [1.807, 2.05) is 12.2 Å². The van der Waals surface area contributed by atoms with Crippen molar-refractivity contribution in [3.8, 4) is 0 Å². The highest BCUT2D eigenvalue weighted by molar-refractivity contribution is 6.08. The molecule has 1 aromatic rings. The van der Waals surface area contributed by atoms with Crippen molar-refractivity contribution in [1.29, 1.82) is 0 Å². The Kier molecular flexibility index (Phi) is 5.55. The van der Waals surface area contributed by atoms with E-state index in [-0.39, 0.29) is 23.3 Å². The first-order chi connectivity index (χ1) is 13.6. The SMILES string of the molecule is CC(=O)c1c(C)[nH]c(C(=O)COC(=O)[C@H](C)N2C(=O)[C@H]3CC=CC[C@@H]3C2=O)c1C. The number of hydrogen-bond acceptors (Lipinski definition) is 6. The van der Waals surface area contributed by atoms with Crippen LogP contribution in [-0.2, 0) is 19.1 Å². The van der Waals surface area contributed by atoms with Gasteiger partial charge in [-0.25, -0.2) is 4.79 Å². The van der Waals surface area contributed by atoms with Gasteiger partial charge in [-0.2, -0.15) is 0 Å². The number of hydrogen-bond donors (Lipinski definition) is 1. The number of aryl methyl sites for hydroxylation is 1. The second-order valence-electron chi connectivity index (χ2n) is 7.59. The van der Waals surface area contributed by atoms with Gasteiger partial charge in [-0.3, -0.25) is 24.1 Å². The number of nitrogens with zero attached hydrogens (tertiary/aromatic N) is 1. The summed E-state index contributed by atoms with van der Waals surface area (Å²) in [5.74, 6) is -3.08. The zero-order valence-corrected chi connectivity index (χ0v) is 16.9. The van der Waals surface area contributed by atoms with Crippen molar-refractivity contribution in [3.05, 3.63) is 34.7 Å². The van der Waals surface area contributed by atoms with Crippen molar-refractivity contribution in [3.63, 3.8) is 0 Å². The van der Waals surface area contributed by atoms with Gasteiger partial charge >= 0.3 is 5.97 Å².